The van der Waals surface area contributed by atoms with E-state index in [1.165, 1.54) is 23.7 Å². The second kappa shape index (κ2) is 11.1. The summed E-state index contributed by atoms with van der Waals surface area (Å²) in [6, 6.07) is 7.07. The van der Waals surface area contributed by atoms with Crippen LogP contribution in [0.1, 0.15) is 21.5 Å². The third kappa shape index (κ3) is 6.17. The number of anilines is 1. The van der Waals surface area contributed by atoms with Crippen molar-refractivity contribution in [3.05, 3.63) is 53.3 Å². The molecule has 3 heterocycles. The van der Waals surface area contributed by atoms with Crippen LogP contribution in [0.5, 0.6) is 5.75 Å². The van der Waals surface area contributed by atoms with Crippen molar-refractivity contribution in [3.63, 3.8) is 0 Å². The highest BCUT2D eigenvalue weighted by Crippen LogP contribution is 2.31. The van der Waals surface area contributed by atoms with E-state index < -0.39 is 12.4 Å². The number of hydrogen-bond acceptors (Lipinski definition) is 6. The van der Waals surface area contributed by atoms with E-state index in [9.17, 15) is 13.6 Å². The minimum atomic E-state index is -2.25. The van der Waals surface area contributed by atoms with E-state index in [1.807, 2.05) is 11.1 Å². The van der Waals surface area contributed by atoms with Gasteiger partial charge in [-0.3, -0.25) is 9.80 Å². The lowest BCUT2D eigenvalue weighted by Gasteiger charge is -2.34. The Balaban J connectivity index is 0.000000257. The lowest BCUT2D eigenvalue weighted by Crippen LogP contribution is -2.47. The fraction of sp³-hybridized carbons (Fsp3) is 0.391. The summed E-state index contributed by atoms with van der Waals surface area (Å²) in [5.74, 6) is -0.106. The van der Waals surface area contributed by atoms with Gasteiger partial charge in [-0.1, -0.05) is 0 Å². The number of nitrogens with one attached hydrogen (secondary N) is 1. The Morgan fingerprint density at radius 3 is 2.55 bits per heavy atom. The molecule has 0 unspecified atom stereocenters. The van der Waals surface area contributed by atoms with E-state index >= 15 is 0 Å². The first-order valence-corrected chi connectivity index (χ1v) is 10.6. The largest absolute Gasteiger partial charge is 0.496 e. The highest BCUT2D eigenvalue weighted by molar-refractivity contribution is 5.92. The molecular formula is C23H29F2N5O3. The molecule has 0 amide bonds. The van der Waals surface area contributed by atoms with Crippen molar-refractivity contribution < 1.29 is 23.4 Å². The van der Waals surface area contributed by atoms with Crippen LogP contribution in [0.15, 0.2) is 36.7 Å². The van der Waals surface area contributed by atoms with Gasteiger partial charge in [0.2, 0.25) is 0 Å². The van der Waals surface area contributed by atoms with Gasteiger partial charge in [-0.15, -0.1) is 0 Å². The van der Waals surface area contributed by atoms with Crippen molar-refractivity contribution in [1.29, 1.82) is 0 Å². The zero-order valence-corrected chi connectivity index (χ0v) is 18.7. The Morgan fingerprint density at radius 1 is 1.27 bits per heavy atom. The number of piperazine rings is 1. The van der Waals surface area contributed by atoms with Crippen LogP contribution in [0.3, 0.4) is 0 Å². The first kappa shape index (κ1) is 24.4. The Morgan fingerprint density at radius 2 is 1.97 bits per heavy atom. The third-order valence-corrected chi connectivity index (χ3v) is 5.64. The molecule has 1 aliphatic rings. The first-order chi connectivity index (χ1) is 15.8. The maximum atomic E-state index is 12.5. The van der Waals surface area contributed by atoms with Gasteiger partial charge in [-0.2, -0.15) is 0 Å². The number of pyridine rings is 1. The van der Waals surface area contributed by atoms with Crippen molar-refractivity contribution in [1.82, 2.24) is 19.8 Å². The molecule has 4 rings (SSSR count). The Bertz CT molecular complexity index is 1080. The summed E-state index contributed by atoms with van der Waals surface area (Å²) < 4.78 is 30.5. The number of alkyl halides is 2. The summed E-state index contributed by atoms with van der Waals surface area (Å²) in [6.07, 6.45) is 1.14. The molecular weight excluding hydrogens is 432 g/mol. The lowest BCUT2D eigenvalue weighted by atomic mass is 10.0. The van der Waals surface area contributed by atoms with Crippen LogP contribution in [0.25, 0.3) is 10.9 Å². The molecule has 0 aliphatic carbocycles. The number of ether oxygens (including phenoxy) is 1. The summed E-state index contributed by atoms with van der Waals surface area (Å²) in [4.78, 5) is 21.3. The molecule has 1 fully saturated rings. The fourth-order valence-electron chi connectivity index (χ4n) is 3.93. The number of aromatic amines is 1. The lowest BCUT2D eigenvalue weighted by molar-refractivity contribution is 0.0542. The maximum absolute atomic E-state index is 12.5. The summed E-state index contributed by atoms with van der Waals surface area (Å²) in [5.41, 5.74) is 8.73. The van der Waals surface area contributed by atoms with E-state index in [0.29, 0.717) is 13.1 Å². The number of halogens is 2. The quantitative estimate of drug-likeness (QED) is 0.517. The number of aromatic nitrogens is 2. The molecule has 3 aromatic rings. The van der Waals surface area contributed by atoms with Gasteiger partial charge in [-0.05, 0) is 36.8 Å². The highest BCUT2D eigenvalue weighted by Gasteiger charge is 2.22. The van der Waals surface area contributed by atoms with Crippen molar-refractivity contribution in [2.75, 3.05) is 45.6 Å². The van der Waals surface area contributed by atoms with Gasteiger partial charge < -0.3 is 20.6 Å². The Hall–Kier alpha value is -3.24. The average molecular weight is 462 g/mol. The summed E-state index contributed by atoms with van der Waals surface area (Å²) >= 11 is 0. The number of aromatic carboxylic acids is 1. The number of benzene rings is 1. The van der Waals surface area contributed by atoms with E-state index in [1.54, 1.807) is 7.11 Å². The summed E-state index contributed by atoms with van der Waals surface area (Å²) in [5, 5.41) is 9.62. The third-order valence-electron chi connectivity index (χ3n) is 5.64. The van der Waals surface area contributed by atoms with E-state index in [-0.39, 0.29) is 17.9 Å². The number of carboxylic acids is 1. The molecule has 0 spiro atoms. The molecule has 0 atom stereocenters. The fourth-order valence-corrected chi connectivity index (χ4v) is 3.93. The van der Waals surface area contributed by atoms with Gasteiger partial charge >= 0.3 is 5.97 Å². The molecule has 1 saturated heterocycles. The van der Waals surface area contributed by atoms with E-state index in [0.717, 1.165) is 42.0 Å². The Labute approximate surface area is 191 Å². The predicted molar refractivity (Wildman–Crippen MR) is 123 cm³/mol. The monoisotopic (exact) mass is 461 g/mol. The van der Waals surface area contributed by atoms with Crippen LogP contribution in [0.4, 0.5) is 14.6 Å². The summed E-state index contributed by atoms with van der Waals surface area (Å²) in [6.45, 7) is 5.70. The highest BCUT2D eigenvalue weighted by atomic mass is 19.3. The molecule has 1 aliphatic heterocycles. The molecule has 0 bridgehead atoms. The average Bonchev–Trinajstić information content (AvgIpc) is 3.28. The van der Waals surface area contributed by atoms with Gasteiger partial charge in [0, 0.05) is 61.6 Å². The number of nitrogen functional groups attached to an aromatic ring is 1. The van der Waals surface area contributed by atoms with Crippen LogP contribution in [0, 0.1) is 6.92 Å². The molecule has 0 radical (unpaired) electrons. The van der Waals surface area contributed by atoms with E-state index in [2.05, 4.69) is 33.9 Å². The number of carbonyl (C=O) groups is 1. The topological polar surface area (TPSA) is 108 Å². The number of methoxy groups -OCH3 is 1. The molecule has 178 valence electrons. The Kier molecular flexibility index (Phi) is 8.18. The number of H-pyrrole nitrogens is 1. The second-order valence-electron chi connectivity index (χ2n) is 7.85. The smallest absolute Gasteiger partial charge is 0.339 e. The van der Waals surface area contributed by atoms with Gasteiger partial charge in [0.15, 0.2) is 0 Å². The molecule has 1 aromatic carbocycles. The summed E-state index contributed by atoms with van der Waals surface area (Å²) in [7, 11) is 1.69. The van der Waals surface area contributed by atoms with Crippen molar-refractivity contribution in [2.45, 2.75) is 19.9 Å². The molecule has 0 saturated carbocycles. The van der Waals surface area contributed by atoms with Crippen LogP contribution in [0.2, 0.25) is 0 Å². The van der Waals surface area contributed by atoms with Crippen LogP contribution < -0.4 is 10.5 Å². The van der Waals surface area contributed by atoms with E-state index in [4.69, 9.17) is 15.6 Å². The zero-order chi connectivity index (χ0) is 24.0. The first-order valence-electron chi connectivity index (χ1n) is 10.6. The van der Waals surface area contributed by atoms with Crippen molar-refractivity contribution >= 4 is 22.7 Å². The number of hydrogen-bond donors (Lipinski definition) is 3. The number of aryl methyl sites for hydroxylation is 1. The van der Waals surface area contributed by atoms with Crippen LogP contribution >= 0.6 is 0 Å². The predicted octanol–water partition coefficient (Wildman–Crippen LogP) is 3.23. The normalized spacial score (nSPS) is 14.8. The maximum Gasteiger partial charge on any atom is 0.339 e. The van der Waals surface area contributed by atoms with Crippen LogP contribution in [-0.2, 0) is 6.54 Å². The van der Waals surface area contributed by atoms with Gasteiger partial charge in [0.25, 0.3) is 6.43 Å². The van der Waals surface area contributed by atoms with Gasteiger partial charge in [-0.25, -0.2) is 18.6 Å². The SMILES string of the molecule is COc1cc(C)c2[nH]ccc2c1CN1CCN(CC(F)F)CC1.Nc1ncccc1C(=O)O. The molecule has 2 aromatic heterocycles. The molecule has 8 nitrogen and oxygen atoms in total. The number of nitrogens with zero attached hydrogens (tertiary/aromatic N) is 3. The number of nitrogens with two attached hydrogens (primary N) is 1. The van der Waals surface area contributed by atoms with Gasteiger partial charge in [0.05, 0.1) is 13.7 Å². The molecule has 33 heavy (non-hydrogen) atoms. The second-order valence-corrected chi connectivity index (χ2v) is 7.85. The van der Waals surface area contributed by atoms with Crippen LogP contribution in [-0.4, -0.2) is 77.1 Å². The number of rotatable bonds is 6. The minimum absolute atomic E-state index is 0.0440. The standard InChI is InChI=1S/C17H23F2N3O.C6H6N2O2/c1-12-9-15(23-2)14(13-3-4-20-17(12)13)10-21-5-7-22(8-6-21)11-16(18)19;7-5-4(6(9)10)2-1-3-8-5/h3-4,9,16,20H,5-8,10-11H2,1-2H3;1-3H,(H2,7,8)(H,9,10). The molecule has 10 heteroatoms. The van der Waals surface area contributed by atoms with Crippen molar-refractivity contribution in [2.24, 2.45) is 0 Å². The zero-order valence-electron chi connectivity index (χ0n) is 18.7. The van der Waals surface area contributed by atoms with Crippen molar-refractivity contribution in [3.8, 4) is 5.75 Å². The number of carboxylic acid groups (broad SMARTS) is 1. The minimum Gasteiger partial charge on any atom is -0.496 e. The number of fused-ring (bicyclic) bond motifs is 1. The van der Waals surface area contributed by atoms with Gasteiger partial charge in [0.1, 0.15) is 17.1 Å². The molecule has 4 N–H and O–H groups in total.